The number of hydrazine groups is 1. The highest BCUT2D eigenvalue weighted by Crippen LogP contribution is 2.35. The summed E-state index contributed by atoms with van der Waals surface area (Å²) >= 11 is 7.21. The van der Waals surface area contributed by atoms with E-state index in [-0.39, 0.29) is 20.4 Å². The van der Waals surface area contributed by atoms with Crippen LogP contribution in [0, 0.1) is 5.82 Å². The maximum absolute atomic E-state index is 13.4. The Hall–Kier alpha value is -2.53. The van der Waals surface area contributed by atoms with Gasteiger partial charge in [0.05, 0.1) is 9.92 Å². The van der Waals surface area contributed by atoms with Crippen LogP contribution in [0.3, 0.4) is 0 Å². The minimum Gasteiger partial charge on any atom is -0.267 e. The first kappa shape index (κ1) is 21.7. The highest BCUT2D eigenvalue weighted by Gasteiger charge is 2.27. The van der Waals surface area contributed by atoms with Crippen LogP contribution >= 0.6 is 22.9 Å². The Bertz CT molecular complexity index is 1270. The molecule has 7 nitrogen and oxygen atoms in total. The lowest BCUT2D eigenvalue weighted by Gasteiger charge is -2.15. The largest absolute Gasteiger partial charge is 0.281 e. The topological polar surface area (TPSA) is 95.6 Å². The lowest BCUT2D eigenvalue weighted by atomic mass is 10.2. The van der Waals surface area contributed by atoms with Gasteiger partial charge in [-0.15, -0.1) is 11.3 Å². The summed E-state index contributed by atoms with van der Waals surface area (Å²) in [5, 5.41) is 0.711. The third kappa shape index (κ3) is 4.29. The van der Waals surface area contributed by atoms with Crippen molar-refractivity contribution in [3.05, 3.63) is 63.7 Å². The molecule has 162 valence electrons. The second-order valence-electron chi connectivity index (χ2n) is 6.93. The Balaban J connectivity index is 1.43. The van der Waals surface area contributed by atoms with E-state index in [4.69, 9.17) is 11.6 Å². The number of thiophene rings is 1. The number of amides is 2. The number of benzene rings is 2. The van der Waals surface area contributed by atoms with Gasteiger partial charge in [0.1, 0.15) is 10.7 Å². The summed E-state index contributed by atoms with van der Waals surface area (Å²) in [6.07, 6.45) is 1.66. The molecule has 0 unspecified atom stereocenters. The second kappa shape index (κ2) is 8.54. The number of carbonyl (C=O) groups is 2. The highest BCUT2D eigenvalue weighted by atomic mass is 35.5. The molecule has 0 atom stereocenters. The molecule has 4 rings (SSSR count). The number of halogens is 2. The van der Waals surface area contributed by atoms with E-state index in [2.05, 4.69) is 10.9 Å². The first-order valence-corrected chi connectivity index (χ1v) is 12.0. The number of sulfonamides is 1. The molecule has 1 saturated heterocycles. The Morgan fingerprint density at radius 2 is 1.65 bits per heavy atom. The minimum atomic E-state index is -3.57. The van der Waals surface area contributed by atoms with Gasteiger partial charge in [-0.3, -0.25) is 20.4 Å². The summed E-state index contributed by atoms with van der Waals surface area (Å²) in [5.41, 5.74) is 4.71. The summed E-state index contributed by atoms with van der Waals surface area (Å²) in [5.74, 6) is -1.71. The lowest BCUT2D eigenvalue weighted by molar-refractivity contribution is 0.0849. The normalized spacial score (nSPS) is 14.6. The molecule has 2 amide bonds. The first-order chi connectivity index (χ1) is 14.8. The fourth-order valence-corrected chi connectivity index (χ4v) is 6.24. The number of hydrogen-bond donors (Lipinski definition) is 2. The quantitative estimate of drug-likeness (QED) is 0.557. The Morgan fingerprint density at radius 3 is 2.32 bits per heavy atom. The van der Waals surface area contributed by atoms with Crippen molar-refractivity contribution in [2.75, 3.05) is 13.1 Å². The van der Waals surface area contributed by atoms with Crippen LogP contribution in [-0.4, -0.2) is 37.6 Å². The van der Waals surface area contributed by atoms with Crippen molar-refractivity contribution in [2.45, 2.75) is 17.7 Å². The standard InChI is InChI=1S/C20H17ClFN3O4S2/c21-17-15-8-5-13(22)11-16(15)30-18(17)20(27)24-23-19(26)12-3-6-14(7-4-12)31(28,29)25-9-1-2-10-25/h3-8,11H,1-2,9-10H2,(H,23,26)(H,24,27). The molecule has 2 heterocycles. The smallest absolute Gasteiger partial charge is 0.267 e. The zero-order valence-electron chi connectivity index (χ0n) is 16.0. The van der Waals surface area contributed by atoms with Gasteiger partial charge in [-0.2, -0.15) is 4.31 Å². The molecule has 2 N–H and O–H groups in total. The van der Waals surface area contributed by atoms with Crippen LogP contribution in [0.25, 0.3) is 10.1 Å². The Morgan fingerprint density at radius 1 is 1.00 bits per heavy atom. The molecule has 1 aliphatic heterocycles. The van der Waals surface area contributed by atoms with Crippen molar-refractivity contribution in [2.24, 2.45) is 0 Å². The van der Waals surface area contributed by atoms with Gasteiger partial charge < -0.3 is 0 Å². The molecule has 1 aliphatic rings. The Labute approximate surface area is 186 Å². The average molecular weight is 482 g/mol. The molecule has 1 aromatic heterocycles. The molecule has 0 saturated carbocycles. The fraction of sp³-hybridized carbons (Fsp3) is 0.200. The van der Waals surface area contributed by atoms with E-state index in [1.54, 1.807) is 0 Å². The number of hydrogen-bond acceptors (Lipinski definition) is 5. The van der Waals surface area contributed by atoms with Gasteiger partial charge in [-0.1, -0.05) is 11.6 Å². The second-order valence-corrected chi connectivity index (χ2v) is 10.3. The number of fused-ring (bicyclic) bond motifs is 1. The van der Waals surface area contributed by atoms with Crippen molar-refractivity contribution in [1.82, 2.24) is 15.2 Å². The van der Waals surface area contributed by atoms with Gasteiger partial charge in [-0.05, 0) is 55.3 Å². The maximum Gasteiger partial charge on any atom is 0.281 e. The maximum atomic E-state index is 13.4. The zero-order valence-corrected chi connectivity index (χ0v) is 18.4. The summed E-state index contributed by atoms with van der Waals surface area (Å²) in [6, 6.07) is 9.48. The van der Waals surface area contributed by atoms with Crippen LogP contribution in [0.1, 0.15) is 32.9 Å². The van der Waals surface area contributed by atoms with E-state index in [0.29, 0.717) is 23.2 Å². The third-order valence-corrected chi connectivity index (χ3v) is 8.48. The van der Waals surface area contributed by atoms with Crippen molar-refractivity contribution < 1.29 is 22.4 Å². The number of nitrogens with one attached hydrogen (secondary N) is 2. The van der Waals surface area contributed by atoms with E-state index >= 15 is 0 Å². The highest BCUT2D eigenvalue weighted by molar-refractivity contribution is 7.89. The number of rotatable bonds is 4. The summed E-state index contributed by atoms with van der Waals surface area (Å²) in [4.78, 5) is 25.0. The van der Waals surface area contributed by atoms with Crippen LogP contribution in [0.2, 0.25) is 5.02 Å². The van der Waals surface area contributed by atoms with E-state index < -0.39 is 27.7 Å². The number of nitrogens with zero attached hydrogens (tertiary/aromatic N) is 1. The molecule has 3 aromatic rings. The fourth-order valence-electron chi connectivity index (χ4n) is 3.28. The van der Waals surface area contributed by atoms with Crippen LogP contribution in [0.4, 0.5) is 4.39 Å². The van der Waals surface area contributed by atoms with Crippen molar-refractivity contribution in [3.8, 4) is 0 Å². The van der Waals surface area contributed by atoms with Crippen molar-refractivity contribution in [1.29, 1.82) is 0 Å². The lowest BCUT2D eigenvalue weighted by Crippen LogP contribution is -2.41. The summed E-state index contributed by atoms with van der Waals surface area (Å²) in [6.45, 7) is 0.979. The first-order valence-electron chi connectivity index (χ1n) is 9.36. The predicted molar refractivity (Wildman–Crippen MR) is 116 cm³/mol. The van der Waals surface area contributed by atoms with Crippen LogP contribution in [0.5, 0.6) is 0 Å². The van der Waals surface area contributed by atoms with Gasteiger partial charge in [0.25, 0.3) is 11.8 Å². The molecule has 0 aliphatic carbocycles. The van der Waals surface area contributed by atoms with Crippen LogP contribution < -0.4 is 10.9 Å². The van der Waals surface area contributed by atoms with E-state index in [1.165, 1.54) is 46.8 Å². The van der Waals surface area contributed by atoms with Gasteiger partial charge in [0.15, 0.2) is 0 Å². The van der Waals surface area contributed by atoms with Crippen LogP contribution in [0.15, 0.2) is 47.4 Å². The molecule has 11 heteroatoms. The minimum absolute atomic E-state index is 0.110. The molecular formula is C20H17ClFN3O4S2. The van der Waals surface area contributed by atoms with Gasteiger partial charge in [0.2, 0.25) is 10.0 Å². The number of carbonyl (C=O) groups excluding carboxylic acids is 2. The predicted octanol–water partition coefficient (Wildman–Crippen LogP) is 3.55. The van der Waals surface area contributed by atoms with Gasteiger partial charge >= 0.3 is 0 Å². The van der Waals surface area contributed by atoms with Crippen molar-refractivity contribution in [3.63, 3.8) is 0 Å². The average Bonchev–Trinajstić information content (AvgIpc) is 3.41. The van der Waals surface area contributed by atoms with Gasteiger partial charge in [0, 0.05) is 28.7 Å². The van der Waals surface area contributed by atoms with Crippen LogP contribution in [-0.2, 0) is 10.0 Å². The monoisotopic (exact) mass is 481 g/mol. The van der Waals surface area contributed by atoms with E-state index in [9.17, 15) is 22.4 Å². The SMILES string of the molecule is O=C(NNC(=O)c1sc2cc(F)ccc2c1Cl)c1ccc(S(=O)(=O)N2CCCC2)cc1. The van der Waals surface area contributed by atoms with Crippen molar-refractivity contribution >= 4 is 54.9 Å². The van der Waals surface area contributed by atoms with E-state index in [0.717, 1.165) is 24.2 Å². The Kier molecular flexibility index (Phi) is 5.98. The molecular weight excluding hydrogens is 465 g/mol. The molecule has 2 aromatic carbocycles. The molecule has 31 heavy (non-hydrogen) atoms. The summed E-state index contributed by atoms with van der Waals surface area (Å²) < 4.78 is 40.4. The third-order valence-electron chi connectivity index (χ3n) is 4.91. The molecule has 0 bridgehead atoms. The van der Waals surface area contributed by atoms with E-state index in [1.807, 2.05) is 0 Å². The van der Waals surface area contributed by atoms with Gasteiger partial charge in [-0.25, -0.2) is 12.8 Å². The summed E-state index contributed by atoms with van der Waals surface area (Å²) in [7, 11) is -3.57. The molecule has 0 radical (unpaired) electrons. The molecule has 1 fully saturated rings. The molecule has 0 spiro atoms. The zero-order chi connectivity index (χ0) is 22.2.